The average molecular weight is 405 g/mol. The average Bonchev–Trinajstić information content (AvgIpc) is 3.39. The van der Waals surface area contributed by atoms with Crippen molar-refractivity contribution >= 4 is 11.4 Å². The van der Waals surface area contributed by atoms with E-state index in [0.717, 1.165) is 50.3 Å². The van der Waals surface area contributed by atoms with Gasteiger partial charge in [-0.3, -0.25) is 4.79 Å². The summed E-state index contributed by atoms with van der Waals surface area (Å²) in [5.74, 6) is 1.04. The summed E-state index contributed by atoms with van der Waals surface area (Å²) in [7, 11) is 1.58. The molecule has 5 heterocycles. The molecule has 3 aromatic rings. The highest BCUT2D eigenvalue weighted by Crippen LogP contribution is 2.30. The van der Waals surface area contributed by atoms with E-state index in [2.05, 4.69) is 26.0 Å². The number of fused-ring (bicyclic) bond motifs is 1. The van der Waals surface area contributed by atoms with Crippen LogP contribution in [0.3, 0.4) is 0 Å². The van der Waals surface area contributed by atoms with E-state index < -0.39 is 0 Å². The fourth-order valence-electron chi connectivity index (χ4n) is 4.25. The molecule has 1 N–H and O–H groups in total. The molecule has 0 saturated carbocycles. The van der Waals surface area contributed by atoms with E-state index in [0.29, 0.717) is 22.9 Å². The first kappa shape index (κ1) is 18.6. The molecule has 9 heteroatoms. The van der Waals surface area contributed by atoms with Crippen molar-refractivity contribution in [3.05, 3.63) is 36.5 Å². The van der Waals surface area contributed by atoms with Crippen LogP contribution in [0.15, 0.2) is 31.0 Å². The molecular weight excluding hydrogens is 382 g/mol. The number of amides is 1. The fraction of sp³-hybridized carbons (Fsp3) is 0.429. The number of piperidine rings is 1. The van der Waals surface area contributed by atoms with E-state index in [1.54, 1.807) is 11.6 Å². The van der Waals surface area contributed by atoms with Gasteiger partial charge >= 0.3 is 0 Å². The van der Waals surface area contributed by atoms with E-state index in [9.17, 15) is 10.1 Å². The molecule has 2 saturated heterocycles. The summed E-state index contributed by atoms with van der Waals surface area (Å²) in [5.41, 5.74) is 2.82. The number of ether oxygens (including phenoxy) is 1. The smallest absolute Gasteiger partial charge is 0.228 e. The molecule has 1 amide bonds. The monoisotopic (exact) mass is 405 g/mol. The first-order valence-corrected chi connectivity index (χ1v) is 10.2. The van der Waals surface area contributed by atoms with Gasteiger partial charge in [0.15, 0.2) is 0 Å². The number of carbonyl (C=O) groups excluding carboxylic acids is 1. The SMILES string of the molecule is COc1cc(-c2cn(C3CCN(C(=O)C4CNC4)CC3)cn2)cn2ncc(C#N)c12. The van der Waals surface area contributed by atoms with Crippen LogP contribution in [0.1, 0.15) is 24.4 Å². The van der Waals surface area contributed by atoms with Crippen LogP contribution >= 0.6 is 0 Å². The van der Waals surface area contributed by atoms with Crippen molar-refractivity contribution in [2.24, 2.45) is 5.92 Å². The maximum absolute atomic E-state index is 12.4. The second kappa shape index (κ2) is 7.46. The van der Waals surface area contributed by atoms with Crippen molar-refractivity contribution in [3.63, 3.8) is 0 Å². The lowest BCUT2D eigenvalue weighted by molar-refractivity contribution is -0.138. The lowest BCUT2D eigenvalue weighted by atomic mass is 9.98. The second-order valence-corrected chi connectivity index (χ2v) is 7.88. The summed E-state index contributed by atoms with van der Waals surface area (Å²) < 4.78 is 9.29. The van der Waals surface area contributed by atoms with Crippen LogP contribution in [-0.2, 0) is 4.79 Å². The summed E-state index contributed by atoms with van der Waals surface area (Å²) in [6.45, 7) is 3.20. The zero-order chi connectivity index (χ0) is 20.7. The number of nitrogens with zero attached hydrogens (tertiary/aromatic N) is 6. The van der Waals surface area contributed by atoms with Crippen LogP contribution in [0.2, 0.25) is 0 Å². The van der Waals surface area contributed by atoms with Gasteiger partial charge in [-0.05, 0) is 18.9 Å². The number of hydrogen-bond acceptors (Lipinski definition) is 6. The third-order valence-electron chi connectivity index (χ3n) is 6.14. The van der Waals surface area contributed by atoms with Gasteiger partial charge in [0, 0.05) is 50.2 Å². The minimum atomic E-state index is 0.162. The molecule has 0 unspecified atom stereocenters. The Kier molecular flexibility index (Phi) is 4.64. The molecule has 0 radical (unpaired) electrons. The maximum atomic E-state index is 12.4. The summed E-state index contributed by atoms with van der Waals surface area (Å²) >= 11 is 0. The van der Waals surface area contributed by atoms with Gasteiger partial charge in [-0.25, -0.2) is 9.50 Å². The van der Waals surface area contributed by atoms with Gasteiger partial charge in [0.2, 0.25) is 5.91 Å². The van der Waals surface area contributed by atoms with Crippen LogP contribution in [-0.4, -0.2) is 63.3 Å². The van der Waals surface area contributed by atoms with Gasteiger partial charge < -0.3 is 19.5 Å². The van der Waals surface area contributed by atoms with Crippen LogP contribution in [0.25, 0.3) is 16.8 Å². The molecule has 2 aliphatic heterocycles. The number of rotatable bonds is 4. The highest BCUT2D eigenvalue weighted by atomic mass is 16.5. The Morgan fingerprint density at radius 1 is 1.30 bits per heavy atom. The Hall–Kier alpha value is -3.38. The molecule has 9 nitrogen and oxygen atoms in total. The van der Waals surface area contributed by atoms with Crippen LogP contribution in [0.5, 0.6) is 5.75 Å². The molecule has 2 aliphatic rings. The minimum Gasteiger partial charge on any atom is -0.494 e. The van der Waals surface area contributed by atoms with Gasteiger partial charge in [0.1, 0.15) is 22.9 Å². The molecule has 5 rings (SSSR count). The first-order chi connectivity index (χ1) is 14.7. The van der Waals surface area contributed by atoms with Gasteiger partial charge in [-0.2, -0.15) is 10.4 Å². The molecular formula is C21H23N7O2. The summed E-state index contributed by atoms with van der Waals surface area (Å²) in [5, 5.41) is 16.7. The number of hydrogen-bond donors (Lipinski definition) is 1. The number of imidazole rings is 1. The summed E-state index contributed by atoms with van der Waals surface area (Å²) in [6.07, 6.45) is 9.14. The summed E-state index contributed by atoms with van der Waals surface area (Å²) in [4.78, 5) is 19.0. The Bertz CT molecular complexity index is 1130. The van der Waals surface area contributed by atoms with Gasteiger partial charge in [0.05, 0.1) is 31.2 Å². The molecule has 2 fully saturated rings. The zero-order valence-electron chi connectivity index (χ0n) is 16.8. The lowest BCUT2D eigenvalue weighted by Crippen LogP contribution is -2.53. The molecule has 0 bridgehead atoms. The van der Waals surface area contributed by atoms with Crippen molar-refractivity contribution in [2.45, 2.75) is 18.9 Å². The number of nitrogens with one attached hydrogen (secondary N) is 1. The first-order valence-electron chi connectivity index (χ1n) is 10.2. The standard InChI is InChI=1S/C21H23N7O2/c1-30-19-6-14(11-28-20(19)15(7-22)10-25-28)18-12-27(13-24-18)17-2-4-26(5-3-17)21(29)16-8-23-9-16/h6,10-13,16-17,23H,2-5,8-9H2,1H3. The second-order valence-electron chi connectivity index (χ2n) is 7.88. The Labute approximate surface area is 173 Å². The van der Waals surface area contributed by atoms with Crippen LogP contribution in [0.4, 0.5) is 0 Å². The topological polar surface area (TPSA) is 100 Å². The van der Waals surface area contributed by atoms with E-state index in [-0.39, 0.29) is 11.8 Å². The molecule has 3 aromatic heterocycles. The molecule has 0 atom stereocenters. The van der Waals surface area contributed by atoms with Crippen LogP contribution < -0.4 is 10.1 Å². The molecule has 0 aromatic carbocycles. The third kappa shape index (κ3) is 3.09. The lowest BCUT2D eigenvalue weighted by Gasteiger charge is -2.37. The number of methoxy groups -OCH3 is 1. The zero-order valence-corrected chi connectivity index (χ0v) is 16.8. The maximum Gasteiger partial charge on any atom is 0.228 e. The van der Waals surface area contributed by atoms with Crippen molar-refractivity contribution in [1.29, 1.82) is 5.26 Å². The quantitative estimate of drug-likeness (QED) is 0.705. The highest BCUT2D eigenvalue weighted by molar-refractivity contribution is 5.80. The predicted molar refractivity (Wildman–Crippen MR) is 109 cm³/mol. The number of pyridine rings is 1. The predicted octanol–water partition coefficient (Wildman–Crippen LogP) is 1.46. The molecule has 30 heavy (non-hydrogen) atoms. The van der Waals surface area contributed by atoms with Gasteiger partial charge in [-0.15, -0.1) is 0 Å². The Morgan fingerprint density at radius 2 is 2.10 bits per heavy atom. The van der Waals surface area contributed by atoms with Crippen molar-refractivity contribution in [2.75, 3.05) is 33.3 Å². The van der Waals surface area contributed by atoms with Crippen molar-refractivity contribution in [1.82, 2.24) is 29.4 Å². The largest absolute Gasteiger partial charge is 0.494 e. The van der Waals surface area contributed by atoms with E-state index in [4.69, 9.17) is 4.74 Å². The van der Waals surface area contributed by atoms with Gasteiger partial charge in [-0.1, -0.05) is 0 Å². The normalized spacial score (nSPS) is 17.7. The van der Waals surface area contributed by atoms with Gasteiger partial charge in [0.25, 0.3) is 0 Å². The molecule has 0 spiro atoms. The molecule has 154 valence electrons. The third-order valence-corrected chi connectivity index (χ3v) is 6.14. The van der Waals surface area contributed by atoms with Crippen LogP contribution in [0, 0.1) is 17.2 Å². The van der Waals surface area contributed by atoms with E-state index in [1.807, 2.05) is 29.7 Å². The van der Waals surface area contributed by atoms with Crippen molar-refractivity contribution in [3.8, 4) is 23.1 Å². The Balaban J connectivity index is 1.34. The summed E-state index contributed by atoms with van der Waals surface area (Å²) in [6, 6.07) is 4.36. The fourth-order valence-corrected chi connectivity index (χ4v) is 4.25. The van der Waals surface area contributed by atoms with E-state index in [1.165, 1.54) is 6.20 Å². The molecule has 0 aliphatic carbocycles. The number of carbonyl (C=O) groups is 1. The van der Waals surface area contributed by atoms with E-state index >= 15 is 0 Å². The number of nitriles is 1. The number of likely N-dealkylation sites (tertiary alicyclic amines) is 1. The number of aromatic nitrogens is 4. The Morgan fingerprint density at radius 3 is 2.77 bits per heavy atom. The highest BCUT2D eigenvalue weighted by Gasteiger charge is 2.32. The minimum absolute atomic E-state index is 0.162. The van der Waals surface area contributed by atoms with Crippen molar-refractivity contribution < 1.29 is 9.53 Å².